The lowest BCUT2D eigenvalue weighted by molar-refractivity contribution is 0.411. The third kappa shape index (κ3) is 2.17. The predicted octanol–water partition coefficient (Wildman–Crippen LogP) is 3.64. The Morgan fingerprint density at radius 1 is 1.17 bits per heavy atom. The second kappa shape index (κ2) is 5.13. The maximum atomic E-state index is 14.3. The molecule has 0 saturated heterocycles. The topological polar surface area (TPSA) is 73.9 Å². The average molecular weight is 326 g/mol. The van der Waals surface area contributed by atoms with Crippen LogP contribution in [0.3, 0.4) is 0 Å². The molecule has 3 heterocycles. The predicted molar refractivity (Wildman–Crippen MR) is 89.1 cm³/mol. The fourth-order valence-electron chi connectivity index (χ4n) is 2.48. The number of benzene rings is 1. The Balaban J connectivity index is 1.95. The average Bonchev–Trinajstić information content (AvgIpc) is 2.94. The van der Waals surface area contributed by atoms with Crippen LogP contribution in [-0.4, -0.2) is 22.1 Å². The summed E-state index contributed by atoms with van der Waals surface area (Å²) in [6.07, 6.45) is 3.07. The van der Waals surface area contributed by atoms with Crippen molar-refractivity contribution in [2.45, 2.75) is 0 Å². The van der Waals surface area contributed by atoms with Gasteiger partial charge in [-0.15, -0.1) is 11.3 Å². The standard InChI is InChI=1S/C16H11FN4OS/c1-22-9-2-3-10(12(17)5-9)8-4-11-13-14(15(18)21-7-20-13)23-16(11)19-6-8/h2-7H,1H3,(H2,18,20,21). The van der Waals surface area contributed by atoms with Gasteiger partial charge in [0.2, 0.25) is 0 Å². The molecular weight excluding hydrogens is 315 g/mol. The van der Waals surface area contributed by atoms with Crippen molar-refractivity contribution in [1.82, 2.24) is 15.0 Å². The molecule has 0 aliphatic carbocycles. The summed E-state index contributed by atoms with van der Waals surface area (Å²) < 4.78 is 20.1. The molecular formula is C16H11FN4OS. The number of thiophene rings is 1. The number of fused-ring (bicyclic) bond motifs is 3. The third-order valence-corrected chi connectivity index (χ3v) is 4.75. The molecule has 0 unspecified atom stereocenters. The zero-order valence-electron chi connectivity index (χ0n) is 12.1. The van der Waals surface area contributed by atoms with E-state index in [0.29, 0.717) is 22.7 Å². The van der Waals surface area contributed by atoms with Gasteiger partial charge in [-0.25, -0.2) is 19.3 Å². The minimum absolute atomic E-state index is 0.362. The third-order valence-electron chi connectivity index (χ3n) is 3.62. The number of hydrogen-bond donors (Lipinski definition) is 1. The highest BCUT2D eigenvalue weighted by Gasteiger charge is 2.13. The van der Waals surface area contributed by atoms with Crippen molar-refractivity contribution in [2.24, 2.45) is 0 Å². The first-order valence-electron chi connectivity index (χ1n) is 6.80. The number of nitrogens with zero attached hydrogens (tertiary/aromatic N) is 3. The maximum Gasteiger partial charge on any atom is 0.144 e. The quantitative estimate of drug-likeness (QED) is 0.609. The largest absolute Gasteiger partial charge is 0.497 e. The molecule has 114 valence electrons. The number of nitrogens with two attached hydrogens (primary N) is 1. The van der Waals surface area contributed by atoms with Crippen molar-refractivity contribution in [2.75, 3.05) is 12.8 Å². The summed E-state index contributed by atoms with van der Waals surface area (Å²) in [7, 11) is 1.50. The monoisotopic (exact) mass is 326 g/mol. The molecule has 0 atom stereocenters. The van der Waals surface area contributed by atoms with Gasteiger partial charge >= 0.3 is 0 Å². The number of nitrogen functional groups attached to an aromatic ring is 1. The summed E-state index contributed by atoms with van der Waals surface area (Å²) in [5.74, 6) is 0.538. The summed E-state index contributed by atoms with van der Waals surface area (Å²) in [5.41, 5.74) is 7.76. The molecule has 0 amide bonds. The van der Waals surface area contributed by atoms with E-state index in [1.165, 1.54) is 30.8 Å². The van der Waals surface area contributed by atoms with E-state index in [2.05, 4.69) is 15.0 Å². The van der Waals surface area contributed by atoms with Crippen LogP contribution in [0.5, 0.6) is 5.75 Å². The molecule has 0 fully saturated rings. The van der Waals surface area contributed by atoms with Crippen molar-refractivity contribution < 1.29 is 9.13 Å². The van der Waals surface area contributed by atoms with Crippen LogP contribution < -0.4 is 10.5 Å². The molecule has 23 heavy (non-hydrogen) atoms. The SMILES string of the molecule is COc1ccc(-c2cnc3sc4c(N)ncnc4c3c2)c(F)c1. The van der Waals surface area contributed by atoms with Crippen molar-refractivity contribution in [3.63, 3.8) is 0 Å². The molecule has 0 bridgehead atoms. The van der Waals surface area contributed by atoms with Crippen LogP contribution in [0.25, 0.3) is 31.6 Å². The number of ether oxygens (including phenoxy) is 1. The van der Waals surface area contributed by atoms with E-state index >= 15 is 0 Å². The summed E-state index contributed by atoms with van der Waals surface area (Å²) in [6, 6.07) is 6.62. The second-order valence-corrected chi connectivity index (χ2v) is 5.96. The van der Waals surface area contributed by atoms with Crippen LogP contribution in [0.15, 0.2) is 36.8 Å². The molecule has 0 aliphatic heterocycles. The lowest BCUT2D eigenvalue weighted by Crippen LogP contribution is -1.90. The van der Waals surface area contributed by atoms with Crippen LogP contribution in [0, 0.1) is 5.82 Å². The molecule has 1 aromatic carbocycles. The first-order valence-corrected chi connectivity index (χ1v) is 7.61. The lowest BCUT2D eigenvalue weighted by Gasteiger charge is -2.05. The number of pyridine rings is 1. The van der Waals surface area contributed by atoms with E-state index in [-0.39, 0.29) is 5.82 Å². The fraction of sp³-hybridized carbons (Fsp3) is 0.0625. The molecule has 0 aliphatic rings. The van der Waals surface area contributed by atoms with Gasteiger partial charge in [-0.2, -0.15) is 0 Å². The van der Waals surface area contributed by atoms with E-state index in [9.17, 15) is 4.39 Å². The van der Waals surface area contributed by atoms with Crippen LogP contribution in [0.2, 0.25) is 0 Å². The first kappa shape index (κ1) is 13.8. The van der Waals surface area contributed by atoms with Crippen LogP contribution >= 0.6 is 11.3 Å². The van der Waals surface area contributed by atoms with Gasteiger partial charge in [0.05, 0.1) is 17.3 Å². The minimum Gasteiger partial charge on any atom is -0.497 e. The normalized spacial score (nSPS) is 11.2. The molecule has 2 N–H and O–H groups in total. The minimum atomic E-state index is -0.362. The summed E-state index contributed by atoms with van der Waals surface area (Å²) in [5, 5.41) is 0.840. The fourth-order valence-corrected chi connectivity index (χ4v) is 3.46. The maximum absolute atomic E-state index is 14.3. The number of halogens is 1. The Labute approximate surface area is 134 Å². The first-order chi connectivity index (χ1) is 11.2. The van der Waals surface area contributed by atoms with E-state index in [4.69, 9.17) is 10.5 Å². The van der Waals surface area contributed by atoms with E-state index in [1.807, 2.05) is 6.07 Å². The highest BCUT2D eigenvalue weighted by Crippen LogP contribution is 2.36. The Bertz CT molecular complexity index is 1050. The highest BCUT2D eigenvalue weighted by molar-refractivity contribution is 7.25. The van der Waals surface area contributed by atoms with Gasteiger partial charge in [-0.1, -0.05) is 0 Å². The van der Waals surface area contributed by atoms with Crippen molar-refractivity contribution in [3.05, 3.63) is 42.6 Å². The van der Waals surface area contributed by atoms with Crippen LogP contribution in [0.1, 0.15) is 0 Å². The van der Waals surface area contributed by atoms with Crippen molar-refractivity contribution >= 4 is 37.6 Å². The number of methoxy groups -OCH3 is 1. The van der Waals surface area contributed by atoms with Crippen molar-refractivity contribution in [3.8, 4) is 16.9 Å². The Morgan fingerprint density at radius 3 is 2.83 bits per heavy atom. The zero-order valence-corrected chi connectivity index (χ0v) is 12.9. The van der Waals surface area contributed by atoms with Gasteiger partial charge in [-0.05, 0) is 18.2 Å². The molecule has 5 nitrogen and oxygen atoms in total. The smallest absolute Gasteiger partial charge is 0.144 e. The van der Waals surface area contributed by atoms with Gasteiger partial charge < -0.3 is 10.5 Å². The van der Waals surface area contributed by atoms with Gasteiger partial charge in [-0.3, -0.25) is 0 Å². The highest BCUT2D eigenvalue weighted by atomic mass is 32.1. The van der Waals surface area contributed by atoms with E-state index in [1.54, 1.807) is 18.3 Å². The molecule has 0 spiro atoms. The molecule has 0 saturated carbocycles. The zero-order chi connectivity index (χ0) is 16.0. The summed E-state index contributed by atoms with van der Waals surface area (Å²) >= 11 is 1.43. The summed E-state index contributed by atoms with van der Waals surface area (Å²) in [4.78, 5) is 13.5. The van der Waals surface area contributed by atoms with Crippen molar-refractivity contribution in [1.29, 1.82) is 0 Å². The Kier molecular flexibility index (Phi) is 3.09. The number of anilines is 1. The number of aromatic nitrogens is 3. The van der Waals surface area contributed by atoms with Gasteiger partial charge in [0.15, 0.2) is 0 Å². The lowest BCUT2D eigenvalue weighted by atomic mass is 10.1. The van der Waals surface area contributed by atoms with Crippen LogP contribution in [-0.2, 0) is 0 Å². The molecule has 4 aromatic rings. The molecule has 0 radical (unpaired) electrons. The van der Waals surface area contributed by atoms with Gasteiger partial charge in [0.25, 0.3) is 0 Å². The number of rotatable bonds is 2. The van der Waals surface area contributed by atoms with E-state index in [0.717, 1.165) is 20.4 Å². The summed E-state index contributed by atoms with van der Waals surface area (Å²) in [6.45, 7) is 0. The molecule has 4 rings (SSSR count). The Morgan fingerprint density at radius 2 is 2.04 bits per heavy atom. The number of hydrogen-bond acceptors (Lipinski definition) is 6. The molecule has 3 aromatic heterocycles. The van der Waals surface area contributed by atoms with Gasteiger partial charge in [0, 0.05) is 28.8 Å². The van der Waals surface area contributed by atoms with E-state index < -0.39 is 0 Å². The van der Waals surface area contributed by atoms with Crippen LogP contribution in [0.4, 0.5) is 10.2 Å². The second-order valence-electron chi connectivity index (χ2n) is 4.96. The van der Waals surface area contributed by atoms with Gasteiger partial charge in [0.1, 0.15) is 28.5 Å². The molecule has 7 heteroatoms. The Hall–Kier alpha value is -2.80.